The van der Waals surface area contributed by atoms with Gasteiger partial charge in [-0.25, -0.2) is 14.5 Å². The maximum atomic E-state index is 12.7. The van der Waals surface area contributed by atoms with Gasteiger partial charge in [-0.3, -0.25) is 0 Å². The molecule has 0 saturated carbocycles. The Morgan fingerprint density at radius 3 is 2.54 bits per heavy atom. The fourth-order valence-electron chi connectivity index (χ4n) is 5.12. The molecule has 0 aliphatic carbocycles. The van der Waals surface area contributed by atoms with Gasteiger partial charge in [0.15, 0.2) is 11.9 Å². The van der Waals surface area contributed by atoms with Gasteiger partial charge < -0.3 is 19.5 Å². The number of fused-ring (bicyclic) bond motifs is 2. The molecule has 3 aromatic carbocycles. The maximum Gasteiger partial charge on any atom is 0.359 e. The third kappa shape index (κ3) is 4.91. The highest BCUT2D eigenvalue weighted by atomic mass is 16.5. The average Bonchev–Trinajstić information content (AvgIpc) is 3.39. The van der Waals surface area contributed by atoms with E-state index < -0.39 is 5.97 Å². The molecule has 8 nitrogen and oxygen atoms in total. The molecule has 1 atom stereocenters. The van der Waals surface area contributed by atoms with Gasteiger partial charge in [0.1, 0.15) is 11.6 Å². The zero-order chi connectivity index (χ0) is 26.8. The van der Waals surface area contributed by atoms with E-state index in [1.54, 1.807) is 7.11 Å². The van der Waals surface area contributed by atoms with E-state index in [0.29, 0.717) is 18.8 Å². The number of benzene rings is 3. The van der Waals surface area contributed by atoms with Crippen molar-refractivity contribution in [3.05, 3.63) is 84.2 Å². The van der Waals surface area contributed by atoms with Crippen molar-refractivity contribution < 1.29 is 19.0 Å². The number of nitrogens with zero attached hydrogens (tertiary/aromatic N) is 3. The molecule has 8 heteroatoms. The standard InChI is InChI=1S/C31H30N4O4/c1-37-24-11-6-20(7-12-24)19-33-30-25-17-22(9-8-21(25)14-15-32-30)23-10-13-27-26(18-23)29(31(36)38-2)34-35(27)28-5-3-4-16-39-28/h6-15,17-18,28H,3-5,16,19H2,1-2H3,(H,32,33). The lowest BCUT2D eigenvalue weighted by atomic mass is 10.00. The number of nitrogens with one attached hydrogen (secondary N) is 1. The second-order valence-corrected chi connectivity index (χ2v) is 9.64. The van der Waals surface area contributed by atoms with Crippen molar-refractivity contribution in [1.29, 1.82) is 0 Å². The molecule has 1 unspecified atom stereocenters. The molecule has 1 aliphatic heterocycles. The highest BCUT2D eigenvalue weighted by Crippen LogP contribution is 2.33. The summed E-state index contributed by atoms with van der Waals surface area (Å²) in [5, 5.41) is 11.0. The number of carbonyl (C=O) groups excluding carboxylic acids is 1. The molecule has 1 fully saturated rings. The summed E-state index contributed by atoms with van der Waals surface area (Å²) >= 11 is 0. The Hall–Kier alpha value is -4.43. The van der Waals surface area contributed by atoms with E-state index in [-0.39, 0.29) is 6.23 Å². The molecule has 0 radical (unpaired) electrons. The Kier molecular flexibility index (Phi) is 6.85. The van der Waals surface area contributed by atoms with Gasteiger partial charge in [0.05, 0.1) is 19.7 Å². The number of pyridine rings is 1. The van der Waals surface area contributed by atoms with E-state index in [4.69, 9.17) is 14.2 Å². The number of rotatable bonds is 7. The quantitative estimate of drug-likeness (QED) is 0.249. The van der Waals surface area contributed by atoms with Gasteiger partial charge in [-0.1, -0.05) is 30.3 Å². The second kappa shape index (κ2) is 10.7. The van der Waals surface area contributed by atoms with Crippen molar-refractivity contribution in [3.63, 3.8) is 0 Å². The molecule has 2 aromatic heterocycles. The van der Waals surface area contributed by atoms with E-state index in [1.807, 2.05) is 53.3 Å². The number of esters is 1. The molecular weight excluding hydrogens is 492 g/mol. The second-order valence-electron chi connectivity index (χ2n) is 9.64. The van der Waals surface area contributed by atoms with Crippen LogP contribution in [0.1, 0.15) is 41.5 Å². The number of hydrogen-bond acceptors (Lipinski definition) is 7. The third-order valence-electron chi connectivity index (χ3n) is 7.23. The highest BCUT2D eigenvalue weighted by molar-refractivity contribution is 6.04. The molecule has 0 spiro atoms. The Morgan fingerprint density at radius 1 is 1.00 bits per heavy atom. The first kappa shape index (κ1) is 24.9. The monoisotopic (exact) mass is 522 g/mol. The van der Waals surface area contributed by atoms with Crippen molar-refractivity contribution in [2.45, 2.75) is 32.0 Å². The molecule has 0 bridgehead atoms. The van der Waals surface area contributed by atoms with Gasteiger partial charge in [-0.2, -0.15) is 5.10 Å². The summed E-state index contributed by atoms with van der Waals surface area (Å²) in [6.07, 6.45) is 4.60. The van der Waals surface area contributed by atoms with E-state index in [2.05, 4.69) is 39.7 Å². The van der Waals surface area contributed by atoms with E-state index in [0.717, 1.165) is 69.2 Å². The van der Waals surface area contributed by atoms with Crippen LogP contribution < -0.4 is 10.1 Å². The molecule has 1 saturated heterocycles. The molecule has 3 heterocycles. The lowest BCUT2D eigenvalue weighted by Crippen LogP contribution is -2.19. The maximum absolute atomic E-state index is 12.7. The number of carbonyl (C=O) groups is 1. The van der Waals surface area contributed by atoms with Gasteiger partial charge in [0.2, 0.25) is 0 Å². The molecular formula is C31H30N4O4. The minimum atomic E-state index is -0.459. The number of anilines is 1. The van der Waals surface area contributed by atoms with Crippen LogP contribution in [0.15, 0.2) is 72.9 Å². The van der Waals surface area contributed by atoms with Crippen molar-refractivity contribution in [2.75, 3.05) is 26.1 Å². The lowest BCUT2D eigenvalue weighted by molar-refractivity contribution is -0.0369. The SMILES string of the molecule is COC(=O)c1nn(C2CCCCO2)c2ccc(-c3ccc4ccnc(NCc5ccc(OC)cc5)c4c3)cc12. The number of hydrogen-bond donors (Lipinski definition) is 1. The van der Waals surface area contributed by atoms with Gasteiger partial charge in [0, 0.05) is 30.1 Å². The lowest BCUT2D eigenvalue weighted by Gasteiger charge is -2.23. The van der Waals surface area contributed by atoms with Gasteiger partial charge in [-0.15, -0.1) is 0 Å². The Balaban J connectivity index is 1.36. The molecule has 39 heavy (non-hydrogen) atoms. The first-order chi connectivity index (χ1) is 19.1. The van der Waals surface area contributed by atoms with E-state index in [9.17, 15) is 4.79 Å². The van der Waals surface area contributed by atoms with Crippen LogP contribution in [0.3, 0.4) is 0 Å². The average molecular weight is 523 g/mol. The predicted molar refractivity (Wildman–Crippen MR) is 151 cm³/mol. The zero-order valence-electron chi connectivity index (χ0n) is 22.0. The van der Waals surface area contributed by atoms with Crippen molar-refractivity contribution >= 4 is 33.5 Å². The molecule has 1 aliphatic rings. The fourth-order valence-corrected chi connectivity index (χ4v) is 5.12. The van der Waals surface area contributed by atoms with E-state index >= 15 is 0 Å². The van der Waals surface area contributed by atoms with Crippen molar-refractivity contribution in [3.8, 4) is 16.9 Å². The number of ether oxygens (including phenoxy) is 3. The largest absolute Gasteiger partial charge is 0.497 e. The van der Waals surface area contributed by atoms with Gasteiger partial charge >= 0.3 is 5.97 Å². The van der Waals surface area contributed by atoms with Crippen molar-refractivity contribution in [1.82, 2.24) is 14.8 Å². The predicted octanol–water partition coefficient (Wildman–Crippen LogP) is 6.36. The zero-order valence-corrected chi connectivity index (χ0v) is 22.0. The van der Waals surface area contributed by atoms with Crippen LogP contribution in [-0.4, -0.2) is 41.6 Å². The van der Waals surface area contributed by atoms with E-state index in [1.165, 1.54) is 7.11 Å². The molecule has 198 valence electrons. The highest BCUT2D eigenvalue weighted by Gasteiger charge is 2.24. The van der Waals surface area contributed by atoms with Crippen LogP contribution in [0, 0.1) is 0 Å². The van der Waals surface area contributed by atoms with Crippen LogP contribution in [0.5, 0.6) is 5.75 Å². The fraction of sp³-hybridized carbons (Fsp3) is 0.258. The van der Waals surface area contributed by atoms with Crippen LogP contribution >= 0.6 is 0 Å². The summed E-state index contributed by atoms with van der Waals surface area (Å²) in [5.74, 6) is 1.18. The van der Waals surface area contributed by atoms with Crippen LogP contribution in [0.25, 0.3) is 32.8 Å². The minimum Gasteiger partial charge on any atom is -0.497 e. The Morgan fingerprint density at radius 2 is 1.79 bits per heavy atom. The smallest absolute Gasteiger partial charge is 0.359 e. The summed E-state index contributed by atoms with van der Waals surface area (Å²) in [6.45, 7) is 1.33. The summed E-state index contributed by atoms with van der Waals surface area (Å²) in [6, 6.07) is 22.4. The van der Waals surface area contributed by atoms with Gasteiger partial charge in [0.25, 0.3) is 0 Å². The minimum absolute atomic E-state index is 0.184. The number of aromatic nitrogens is 3. The summed E-state index contributed by atoms with van der Waals surface area (Å²) in [7, 11) is 3.04. The molecule has 5 aromatic rings. The third-order valence-corrected chi connectivity index (χ3v) is 7.23. The summed E-state index contributed by atoms with van der Waals surface area (Å²) in [4.78, 5) is 17.3. The van der Waals surface area contributed by atoms with Crippen LogP contribution in [0.4, 0.5) is 5.82 Å². The van der Waals surface area contributed by atoms with Crippen LogP contribution in [0.2, 0.25) is 0 Å². The number of methoxy groups -OCH3 is 2. The Labute approximate surface area is 226 Å². The Bertz CT molecular complexity index is 1640. The summed E-state index contributed by atoms with van der Waals surface area (Å²) in [5.41, 5.74) is 4.28. The first-order valence-corrected chi connectivity index (χ1v) is 13.1. The normalized spacial score (nSPS) is 15.4. The molecule has 1 N–H and O–H groups in total. The molecule has 0 amide bonds. The summed E-state index contributed by atoms with van der Waals surface area (Å²) < 4.78 is 18.1. The van der Waals surface area contributed by atoms with Crippen LogP contribution in [-0.2, 0) is 16.0 Å². The first-order valence-electron chi connectivity index (χ1n) is 13.1. The topological polar surface area (TPSA) is 87.5 Å². The van der Waals surface area contributed by atoms with Gasteiger partial charge in [-0.05, 0) is 77.7 Å². The molecule has 6 rings (SSSR count). The van der Waals surface area contributed by atoms with Crippen molar-refractivity contribution in [2.24, 2.45) is 0 Å².